The molecule has 0 saturated carbocycles. The third-order valence-electron chi connectivity index (χ3n) is 0.753. The summed E-state index contributed by atoms with van der Waals surface area (Å²) < 4.78 is 12.0. The van der Waals surface area contributed by atoms with E-state index >= 15 is 0 Å². The van der Waals surface area contributed by atoms with E-state index in [9.17, 15) is 9.18 Å². The maximum absolute atomic E-state index is 12.0. The van der Waals surface area contributed by atoms with Gasteiger partial charge in [-0.05, 0) is 11.8 Å². The fourth-order valence-corrected chi connectivity index (χ4v) is 0.713. The minimum atomic E-state index is -0.671. The molecule has 0 spiro atoms. The second-order valence-corrected chi connectivity index (χ2v) is 2.72. The largest absolute Gasteiger partial charge is 0.378 e. The summed E-state index contributed by atoms with van der Waals surface area (Å²) in [6.45, 7) is 4.60. The second-order valence-electron chi connectivity index (χ2n) is 1.65. The van der Waals surface area contributed by atoms with Gasteiger partial charge in [-0.2, -0.15) is 9.38 Å². The van der Waals surface area contributed by atoms with Crippen LogP contribution >= 0.6 is 11.8 Å². The predicted octanol–water partition coefficient (Wildman–Crippen LogP) is 1.41. The van der Waals surface area contributed by atoms with Gasteiger partial charge in [-0.15, -0.1) is 0 Å². The first-order valence-electron chi connectivity index (χ1n) is 2.95. The molecule has 5 heteroatoms. The Morgan fingerprint density at radius 3 is 2.73 bits per heavy atom. The Kier molecular flexibility index (Phi) is 4.52. The van der Waals surface area contributed by atoms with Crippen molar-refractivity contribution in [2.24, 2.45) is 10.7 Å². The molecule has 0 bridgehead atoms. The number of amidine groups is 1. The van der Waals surface area contributed by atoms with Crippen molar-refractivity contribution >= 4 is 22.8 Å². The Bertz CT molecular complexity index is 203. The fraction of sp³-hybridized carbons (Fsp3) is 0.333. The van der Waals surface area contributed by atoms with E-state index in [1.807, 2.05) is 0 Å². The summed E-state index contributed by atoms with van der Waals surface area (Å²) >= 11 is 0.544. The van der Waals surface area contributed by atoms with Gasteiger partial charge in [-0.1, -0.05) is 13.5 Å². The molecule has 11 heavy (non-hydrogen) atoms. The molecular weight excluding hydrogens is 167 g/mol. The highest BCUT2D eigenvalue weighted by molar-refractivity contribution is 8.16. The molecule has 0 aliphatic carbocycles. The maximum Gasteiger partial charge on any atom is 0.247 e. The van der Waals surface area contributed by atoms with Crippen molar-refractivity contribution in [2.45, 2.75) is 13.3 Å². The number of thioether (sulfide) groups is 1. The molecule has 0 aliphatic heterocycles. The topological polar surface area (TPSA) is 55.4 Å². The van der Waals surface area contributed by atoms with Crippen LogP contribution in [0.15, 0.2) is 16.7 Å². The molecule has 0 fully saturated rings. The van der Waals surface area contributed by atoms with Gasteiger partial charge in [0.15, 0.2) is 10.3 Å². The highest BCUT2D eigenvalue weighted by Crippen LogP contribution is 2.13. The second kappa shape index (κ2) is 4.90. The lowest BCUT2D eigenvalue weighted by Gasteiger charge is -1.93. The summed E-state index contributed by atoms with van der Waals surface area (Å²) in [4.78, 5) is 13.9. The lowest BCUT2D eigenvalue weighted by molar-refractivity contribution is -0.117. The minimum absolute atomic E-state index is 0.107. The molecule has 1 amide bonds. The number of carbonyl (C=O) groups is 1. The van der Waals surface area contributed by atoms with Crippen molar-refractivity contribution in [2.75, 3.05) is 0 Å². The van der Waals surface area contributed by atoms with E-state index in [0.717, 1.165) is 0 Å². The van der Waals surface area contributed by atoms with Crippen LogP contribution in [0.1, 0.15) is 13.3 Å². The molecule has 0 unspecified atom stereocenters. The normalized spacial score (nSPS) is 11.3. The van der Waals surface area contributed by atoms with Crippen LogP contribution in [-0.4, -0.2) is 11.1 Å². The summed E-state index contributed by atoms with van der Waals surface area (Å²) in [5, 5.41) is -0.778. The zero-order chi connectivity index (χ0) is 8.85. The Morgan fingerprint density at radius 2 is 2.36 bits per heavy atom. The number of nitrogens with two attached hydrogens (primary N) is 1. The highest BCUT2D eigenvalue weighted by atomic mass is 32.2. The molecule has 0 saturated heterocycles. The highest BCUT2D eigenvalue weighted by Gasteiger charge is 1.99. The predicted molar refractivity (Wildman–Crippen MR) is 44.8 cm³/mol. The van der Waals surface area contributed by atoms with Crippen LogP contribution in [0.2, 0.25) is 0 Å². The van der Waals surface area contributed by atoms with Gasteiger partial charge in [0.1, 0.15) is 0 Å². The molecular formula is C6H9FN2OS. The van der Waals surface area contributed by atoms with Crippen molar-refractivity contribution in [1.82, 2.24) is 0 Å². The monoisotopic (exact) mass is 176 g/mol. The van der Waals surface area contributed by atoms with E-state index in [1.165, 1.54) is 0 Å². The molecule has 2 N–H and O–H groups in total. The van der Waals surface area contributed by atoms with E-state index in [4.69, 9.17) is 5.73 Å². The van der Waals surface area contributed by atoms with Gasteiger partial charge in [0, 0.05) is 6.42 Å². The van der Waals surface area contributed by atoms with Gasteiger partial charge in [0.25, 0.3) is 0 Å². The molecule has 0 atom stereocenters. The maximum atomic E-state index is 12.0. The van der Waals surface area contributed by atoms with Crippen LogP contribution in [0.25, 0.3) is 0 Å². The van der Waals surface area contributed by atoms with E-state index in [-0.39, 0.29) is 17.5 Å². The van der Waals surface area contributed by atoms with Crippen LogP contribution in [0, 0.1) is 0 Å². The molecule has 3 nitrogen and oxygen atoms in total. The summed E-state index contributed by atoms with van der Waals surface area (Å²) in [6.07, 6.45) is 0.264. The van der Waals surface area contributed by atoms with Gasteiger partial charge in [0.2, 0.25) is 5.91 Å². The molecule has 0 aromatic heterocycles. The number of amides is 1. The van der Waals surface area contributed by atoms with Crippen LogP contribution in [0.5, 0.6) is 0 Å². The van der Waals surface area contributed by atoms with Crippen molar-refractivity contribution in [3.63, 3.8) is 0 Å². The first kappa shape index (κ1) is 10.2. The van der Waals surface area contributed by atoms with Crippen LogP contribution in [-0.2, 0) is 4.79 Å². The third kappa shape index (κ3) is 5.60. The van der Waals surface area contributed by atoms with Crippen molar-refractivity contribution in [3.8, 4) is 0 Å². The summed E-state index contributed by atoms with van der Waals surface area (Å²) in [5.41, 5.74) is 5.14. The summed E-state index contributed by atoms with van der Waals surface area (Å²) in [6, 6.07) is 0. The zero-order valence-electron chi connectivity index (χ0n) is 6.13. The summed E-state index contributed by atoms with van der Waals surface area (Å²) in [7, 11) is 0. The minimum Gasteiger partial charge on any atom is -0.378 e. The van der Waals surface area contributed by atoms with Gasteiger partial charge in [0.05, 0.1) is 0 Å². The Morgan fingerprint density at radius 1 is 1.82 bits per heavy atom. The molecule has 0 aromatic carbocycles. The number of aliphatic imine (C=N–C) groups is 1. The van der Waals surface area contributed by atoms with Gasteiger partial charge in [-0.25, -0.2) is 0 Å². The molecule has 0 aliphatic rings. The molecule has 0 rings (SSSR count). The number of hydrogen-bond acceptors (Lipinski definition) is 2. The van der Waals surface area contributed by atoms with Crippen LogP contribution in [0.3, 0.4) is 0 Å². The first-order chi connectivity index (χ1) is 5.06. The lowest BCUT2D eigenvalue weighted by atomic mass is 10.5. The SMILES string of the molecule is C=C(F)SC(N)=NC(=O)CC. The van der Waals surface area contributed by atoms with Crippen molar-refractivity contribution < 1.29 is 9.18 Å². The first-order valence-corrected chi connectivity index (χ1v) is 3.77. The molecule has 0 aromatic rings. The average molecular weight is 176 g/mol. The Balaban J connectivity index is 4.00. The smallest absolute Gasteiger partial charge is 0.247 e. The average Bonchev–Trinajstić information content (AvgIpc) is 1.85. The van der Waals surface area contributed by atoms with Gasteiger partial charge in [-0.3, -0.25) is 4.79 Å². The lowest BCUT2D eigenvalue weighted by Crippen LogP contribution is -2.08. The van der Waals surface area contributed by atoms with E-state index in [2.05, 4.69) is 11.6 Å². The molecule has 62 valence electrons. The number of halogens is 1. The Hall–Kier alpha value is -0.840. The Labute approximate surface area is 68.6 Å². The summed E-state index contributed by atoms with van der Waals surface area (Å²) in [5.74, 6) is -0.365. The quantitative estimate of drug-likeness (QED) is 0.511. The molecule has 0 radical (unpaired) electrons. The number of nitrogens with zero attached hydrogens (tertiary/aromatic N) is 1. The zero-order valence-corrected chi connectivity index (χ0v) is 6.95. The number of carbonyl (C=O) groups excluding carboxylic acids is 1. The van der Waals surface area contributed by atoms with Gasteiger partial charge < -0.3 is 5.73 Å². The van der Waals surface area contributed by atoms with Crippen molar-refractivity contribution in [1.29, 1.82) is 0 Å². The number of hydrogen-bond donors (Lipinski definition) is 1. The van der Waals surface area contributed by atoms with E-state index < -0.39 is 5.16 Å². The molecule has 0 heterocycles. The standard InChI is InChI=1S/C6H9FN2OS/c1-3-5(10)9-6(8)11-4(2)7/h2-3H2,1H3,(H2,8,9,10). The third-order valence-corrected chi connectivity index (χ3v) is 1.27. The fourth-order valence-electron chi connectivity index (χ4n) is 0.338. The van der Waals surface area contributed by atoms with E-state index in [1.54, 1.807) is 6.92 Å². The van der Waals surface area contributed by atoms with Gasteiger partial charge >= 0.3 is 0 Å². The van der Waals surface area contributed by atoms with E-state index in [0.29, 0.717) is 11.8 Å². The number of rotatable bonds is 2. The van der Waals surface area contributed by atoms with Crippen LogP contribution < -0.4 is 5.73 Å². The van der Waals surface area contributed by atoms with Crippen LogP contribution in [0.4, 0.5) is 4.39 Å². The van der Waals surface area contributed by atoms with Crippen molar-refractivity contribution in [3.05, 3.63) is 11.7 Å².